The van der Waals surface area contributed by atoms with E-state index >= 15 is 0 Å². The molecule has 2 atom stereocenters. The van der Waals surface area contributed by atoms with Crippen molar-refractivity contribution < 1.29 is 35.5 Å². The average Bonchev–Trinajstić information content (AvgIpc) is 3.61. The minimum Gasteiger partial charge on any atom is -0.451 e. The number of aromatic nitrogens is 3. The quantitative estimate of drug-likeness (QED) is 0.345. The van der Waals surface area contributed by atoms with Gasteiger partial charge in [-0.05, 0) is 73.0 Å². The summed E-state index contributed by atoms with van der Waals surface area (Å²) in [6, 6.07) is 9.17. The molecule has 2 aliphatic rings. The van der Waals surface area contributed by atoms with E-state index in [2.05, 4.69) is 10.1 Å². The van der Waals surface area contributed by atoms with Crippen molar-refractivity contribution in [3.8, 4) is 5.69 Å². The number of fused-ring (bicyclic) bond motifs is 2. The predicted molar refractivity (Wildman–Crippen MR) is 134 cm³/mol. The monoisotopic (exact) mass is 574 g/mol. The van der Waals surface area contributed by atoms with Gasteiger partial charge in [-0.25, -0.2) is 22.5 Å². The largest absolute Gasteiger partial charge is 0.451 e. The van der Waals surface area contributed by atoms with Crippen molar-refractivity contribution in [3.05, 3.63) is 101 Å². The van der Waals surface area contributed by atoms with Gasteiger partial charge in [-0.1, -0.05) is 5.57 Å². The number of aliphatic hydroxyl groups is 1. The molecule has 0 spiro atoms. The van der Waals surface area contributed by atoms with Crippen molar-refractivity contribution in [2.45, 2.75) is 30.0 Å². The lowest BCUT2D eigenvalue weighted by Crippen LogP contribution is -2.52. The van der Waals surface area contributed by atoms with Gasteiger partial charge < -0.3 is 9.52 Å². The third-order valence-electron chi connectivity index (χ3n) is 7.58. The molecule has 40 heavy (non-hydrogen) atoms. The summed E-state index contributed by atoms with van der Waals surface area (Å²) >= 11 is 0. The van der Waals surface area contributed by atoms with E-state index in [1.165, 1.54) is 29.1 Å². The molecule has 4 aromatic rings. The van der Waals surface area contributed by atoms with Crippen LogP contribution in [0.2, 0.25) is 0 Å². The van der Waals surface area contributed by atoms with Gasteiger partial charge in [-0.2, -0.15) is 22.6 Å². The zero-order valence-electron chi connectivity index (χ0n) is 20.7. The van der Waals surface area contributed by atoms with E-state index in [9.17, 15) is 31.1 Å². The third-order valence-corrected chi connectivity index (χ3v) is 9.44. The number of rotatable bonds is 5. The molecule has 13 heteroatoms. The van der Waals surface area contributed by atoms with Crippen LogP contribution in [0.25, 0.3) is 11.8 Å². The highest BCUT2D eigenvalue weighted by atomic mass is 32.2. The van der Waals surface area contributed by atoms with Gasteiger partial charge in [0.1, 0.15) is 23.9 Å². The Morgan fingerprint density at radius 1 is 1.07 bits per heavy atom. The molecule has 3 heterocycles. The number of piperidine rings is 1. The molecule has 0 amide bonds. The van der Waals surface area contributed by atoms with Gasteiger partial charge in [-0.15, -0.1) is 0 Å². The molecule has 0 bridgehead atoms. The van der Waals surface area contributed by atoms with Crippen molar-refractivity contribution in [2.24, 2.45) is 5.41 Å². The normalized spacial score (nSPS) is 20.5. The van der Waals surface area contributed by atoms with E-state index in [-0.39, 0.29) is 42.3 Å². The molecule has 208 valence electrons. The Labute approximate surface area is 226 Å². The molecule has 0 saturated carbocycles. The predicted octanol–water partition coefficient (Wildman–Crippen LogP) is 4.77. The first kappa shape index (κ1) is 26.4. The number of hydrogen-bond acceptors (Lipinski definition) is 6. The van der Waals surface area contributed by atoms with Crippen LogP contribution >= 0.6 is 0 Å². The highest BCUT2D eigenvalue weighted by Crippen LogP contribution is 2.52. The zero-order valence-corrected chi connectivity index (χ0v) is 21.5. The first-order chi connectivity index (χ1) is 19.0. The summed E-state index contributed by atoms with van der Waals surface area (Å²) in [4.78, 5) is 3.82. The van der Waals surface area contributed by atoms with Crippen LogP contribution in [0.5, 0.6) is 0 Å². The highest BCUT2D eigenvalue weighted by molar-refractivity contribution is 7.89. The molecule has 2 aromatic carbocycles. The van der Waals surface area contributed by atoms with E-state index in [0.29, 0.717) is 5.69 Å². The number of alkyl halides is 3. The number of hydrogen-bond donors (Lipinski definition) is 1. The molecule has 1 fully saturated rings. The van der Waals surface area contributed by atoms with Crippen LogP contribution in [0.3, 0.4) is 0 Å². The fourth-order valence-electron chi connectivity index (χ4n) is 5.52. The molecule has 1 aliphatic carbocycles. The van der Waals surface area contributed by atoms with Crippen LogP contribution in [0.15, 0.2) is 82.3 Å². The molecular weight excluding hydrogens is 552 g/mol. The molecule has 1 saturated heterocycles. The second-order valence-electron chi connectivity index (χ2n) is 9.87. The fraction of sp³-hybridized carbons (Fsp3) is 0.259. The van der Waals surface area contributed by atoms with Crippen molar-refractivity contribution in [3.63, 3.8) is 0 Å². The summed E-state index contributed by atoms with van der Waals surface area (Å²) in [5.74, 6) is -0.389. The molecule has 2 aromatic heterocycles. The molecule has 1 N–H and O–H groups in total. The van der Waals surface area contributed by atoms with Crippen molar-refractivity contribution >= 4 is 16.1 Å². The fourth-order valence-corrected chi connectivity index (χ4v) is 7.03. The van der Waals surface area contributed by atoms with Gasteiger partial charge in [0.15, 0.2) is 6.39 Å². The van der Waals surface area contributed by atoms with E-state index in [0.717, 1.165) is 41.1 Å². The van der Waals surface area contributed by atoms with Crippen LogP contribution in [-0.4, -0.2) is 45.7 Å². The van der Waals surface area contributed by atoms with E-state index in [1.807, 2.05) is 6.08 Å². The molecule has 0 radical (unpaired) electrons. The Morgan fingerprint density at radius 2 is 1.80 bits per heavy atom. The molecule has 8 nitrogen and oxygen atoms in total. The molecular formula is C27H22F4N4O4S. The van der Waals surface area contributed by atoms with E-state index in [1.54, 1.807) is 23.0 Å². The summed E-state index contributed by atoms with van der Waals surface area (Å²) < 4.78 is 87.8. The SMILES string of the molecule is O=S(=O)(c1ccc(C(F)(F)F)cc1)N1CCC2=Cc3c(cnn3-c3ccc(F)cc3)C[C@]2([C@@H](O)c2cocn2)C1. The smallest absolute Gasteiger partial charge is 0.416 e. The lowest BCUT2D eigenvalue weighted by atomic mass is 9.65. The summed E-state index contributed by atoms with van der Waals surface area (Å²) in [5.41, 5.74) is 0.954. The number of oxazole rings is 1. The average molecular weight is 575 g/mol. The van der Waals surface area contributed by atoms with Crippen molar-refractivity contribution in [1.82, 2.24) is 19.1 Å². The topological polar surface area (TPSA) is 101 Å². The van der Waals surface area contributed by atoms with Crippen molar-refractivity contribution in [2.75, 3.05) is 13.1 Å². The van der Waals surface area contributed by atoms with E-state index < -0.39 is 33.3 Å². The Hall–Kier alpha value is -3.81. The van der Waals surface area contributed by atoms with Gasteiger partial charge in [0.25, 0.3) is 0 Å². The maximum Gasteiger partial charge on any atom is 0.416 e. The first-order valence-electron chi connectivity index (χ1n) is 12.3. The van der Waals surface area contributed by atoms with Crippen LogP contribution in [0, 0.1) is 11.2 Å². The number of aliphatic hydroxyl groups excluding tert-OH is 1. The summed E-state index contributed by atoms with van der Waals surface area (Å²) in [5, 5.41) is 16.1. The number of sulfonamides is 1. The van der Waals surface area contributed by atoms with Gasteiger partial charge in [-0.3, -0.25) is 0 Å². The zero-order chi connectivity index (χ0) is 28.3. The maximum absolute atomic E-state index is 13.6. The summed E-state index contributed by atoms with van der Waals surface area (Å²) in [6.07, 6.45) is 0.511. The van der Waals surface area contributed by atoms with Gasteiger partial charge in [0.05, 0.1) is 28.0 Å². The maximum atomic E-state index is 13.6. The highest BCUT2D eigenvalue weighted by Gasteiger charge is 2.51. The van der Waals surface area contributed by atoms with E-state index in [4.69, 9.17) is 4.42 Å². The number of benzene rings is 2. The van der Waals surface area contributed by atoms with Crippen LogP contribution in [0.1, 0.15) is 35.0 Å². The van der Waals surface area contributed by atoms with Crippen LogP contribution in [0.4, 0.5) is 17.6 Å². The first-order valence-corrected chi connectivity index (χ1v) is 13.7. The second-order valence-corrected chi connectivity index (χ2v) is 11.8. The lowest BCUT2D eigenvalue weighted by Gasteiger charge is -2.48. The Bertz CT molecular complexity index is 1680. The Morgan fingerprint density at radius 3 is 2.45 bits per heavy atom. The minimum atomic E-state index is -4.60. The Balaban J connectivity index is 1.40. The second kappa shape index (κ2) is 9.39. The summed E-state index contributed by atoms with van der Waals surface area (Å²) in [7, 11) is -4.21. The van der Waals surface area contributed by atoms with Gasteiger partial charge >= 0.3 is 6.18 Å². The minimum absolute atomic E-state index is 0.0441. The summed E-state index contributed by atoms with van der Waals surface area (Å²) in [6.45, 7) is -0.111. The molecule has 6 rings (SSSR count). The van der Waals surface area contributed by atoms with Gasteiger partial charge in [0, 0.05) is 18.5 Å². The van der Waals surface area contributed by atoms with Crippen LogP contribution < -0.4 is 0 Å². The lowest BCUT2D eigenvalue weighted by molar-refractivity contribution is -0.137. The van der Waals surface area contributed by atoms with Gasteiger partial charge in [0.2, 0.25) is 10.0 Å². The molecule has 0 unspecified atom stereocenters. The Kier molecular flexibility index (Phi) is 6.20. The molecule has 1 aliphatic heterocycles. The van der Waals surface area contributed by atoms with Crippen molar-refractivity contribution in [1.29, 1.82) is 0 Å². The number of nitrogens with zero attached hydrogens (tertiary/aromatic N) is 4. The third kappa shape index (κ3) is 4.34. The number of halogens is 4. The standard InChI is InChI=1S/C27H22F4N4O4S/c28-20-3-5-21(6-4-20)35-24-11-19-9-10-34(40(37,38)22-7-1-18(2-8-22)27(29,30)31)15-26(19,12-17(24)13-33-35)25(36)23-14-39-16-32-23/h1-8,11,13-14,16,25,36H,9-10,12,15H2/t25-,26-/m0/s1. The van der Waals surface area contributed by atoms with Crippen LogP contribution in [-0.2, 0) is 22.6 Å².